The maximum absolute atomic E-state index is 5.45. The fraction of sp³-hybridized carbons (Fsp3) is 0.235. The molecule has 1 aromatic carbocycles. The van der Waals surface area contributed by atoms with Crippen LogP contribution in [0.25, 0.3) is 33.9 Å². The Balaban J connectivity index is 1.83. The first-order chi connectivity index (χ1) is 12.6. The lowest BCUT2D eigenvalue weighted by Gasteiger charge is -2.17. The van der Waals surface area contributed by atoms with E-state index in [4.69, 9.17) is 9.26 Å². The van der Waals surface area contributed by atoms with Crippen LogP contribution in [-0.4, -0.2) is 41.2 Å². The summed E-state index contributed by atoms with van der Waals surface area (Å²) in [7, 11) is 1.60. The smallest absolute Gasteiger partial charge is 0.296 e. The van der Waals surface area contributed by atoms with Gasteiger partial charge in [-0.2, -0.15) is 4.98 Å². The Labute approximate surface area is 147 Å². The minimum atomic E-state index is -0.666. The molecule has 0 aliphatic heterocycles. The van der Waals surface area contributed by atoms with E-state index in [-0.39, 0.29) is 5.89 Å². The van der Waals surface area contributed by atoms with Gasteiger partial charge in [-0.3, -0.25) is 8.80 Å². The van der Waals surface area contributed by atoms with Crippen molar-refractivity contribution in [2.24, 2.45) is 0 Å². The number of para-hydroxylation sites is 1. The standard InChI is InChI=1S/C17H15N7O2/c1-17(2,25-3)16-19-15(26-22-16)14-21-20-13-10-6-4-5-7-11(10)23-9-18-8-12(23)24(13)14/h4-9H,1-3H3. The largest absolute Gasteiger partial charge is 0.371 e. The van der Waals surface area contributed by atoms with Gasteiger partial charge in [0.2, 0.25) is 11.6 Å². The zero-order valence-corrected chi connectivity index (χ0v) is 14.4. The minimum Gasteiger partial charge on any atom is -0.371 e. The summed E-state index contributed by atoms with van der Waals surface area (Å²) in [5, 5.41) is 13.6. The molecule has 130 valence electrons. The number of nitrogens with zero attached hydrogens (tertiary/aromatic N) is 7. The first-order valence-corrected chi connectivity index (χ1v) is 8.08. The molecular formula is C17H15N7O2. The summed E-state index contributed by atoms with van der Waals surface area (Å²) in [6.45, 7) is 3.73. The highest BCUT2D eigenvalue weighted by Gasteiger charge is 2.28. The molecule has 0 fully saturated rings. The Morgan fingerprint density at radius 3 is 2.85 bits per heavy atom. The molecule has 0 spiro atoms. The van der Waals surface area contributed by atoms with Crippen molar-refractivity contribution >= 4 is 22.2 Å². The molecule has 9 heteroatoms. The molecule has 0 atom stereocenters. The number of hydrogen-bond acceptors (Lipinski definition) is 7. The van der Waals surface area contributed by atoms with E-state index in [1.165, 1.54) is 0 Å². The summed E-state index contributed by atoms with van der Waals surface area (Å²) >= 11 is 0. The predicted molar refractivity (Wildman–Crippen MR) is 92.6 cm³/mol. The molecule has 0 radical (unpaired) electrons. The summed E-state index contributed by atoms with van der Waals surface area (Å²) in [5.74, 6) is 1.18. The van der Waals surface area contributed by atoms with Crippen LogP contribution in [-0.2, 0) is 10.3 Å². The molecule has 0 unspecified atom stereocenters. The third-order valence-electron chi connectivity index (χ3n) is 4.58. The maximum Gasteiger partial charge on any atom is 0.296 e. The van der Waals surface area contributed by atoms with Crippen LogP contribution in [0.15, 0.2) is 41.3 Å². The second kappa shape index (κ2) is 5.09. The van der Waals surface area contributed by atoms with Crippen LogP contribution in [0.4, 0.5) is 0 Å². The summed E-state index contributed by atoms with van der Waals surface area (Å²) in [6.07, 6.45) is 3.51. The molecule has 0 N–H and O–H groups in total. The first kappa shape index (κ1) is 15.0. The summed E-state index contributed by atoms with van der Waals surface area (Å²) in [6, 6.07) is 7.96. The molecule has 0 saturated heterocycles. The second-order valence-corrected chi connectivity index (χ2v) is 6.46. The molecule has 0 saturated carbocycles. The summed E-state index contributed by atoms with van der Waals surface area (Å²) in [5.41, 5.74) is 1.85. The molecule has 4 aromatic heterocycles. The van der Waals surface area contributed by atoms with Crippen molar-refractivity contribution in [3.8, 4) is 11.7 Å². The molecular weight excluding hydrogens is 334 g/mol. The molecule has 26 heavy (non-hydrogen) atoms. The second-order valence-electron chi connectivity index (χ2n) is 6.46. The molecule has 0 aliphatic rings. The first-order valence-electron chi connectivity index (χ1n) is 8.08. The van der Waals surface area contributed by atoms with Gasteiger partial charge in [0, 0.05) is 12.5 Å². The van der Waals surface area contributed by atoms with Gasteiger partial charge in [-0.05, 0) is 26.0 Å². The van der Waals surface area contributed by atoms with Gasteiger partial charge >= 0.3 is 0 Å². The number of benzene rings is 1. The maximum atomic E-state index is 5.45. The number of rotatable bonds is 3. The zero-order valence-electron chi connectivity index (χ0n) is 14.4. The highest BCUT2D eigenvalue weighted by atomic mass is 16.5. The Morgan fingerprint density at radius 1 is 1.15 bits per heavy atom. The van der Waals surface area contributed by atoms with Gasteiger partial charge in [-0.15, -0.1) is 10.2 Å². The van der Waals surface area contributed by atoms with E-state index in [9.17, 15) is 0 Å². The molecule has 0 amide bonds. The number of methoxy groups -OCH3 is 1. The lowest BCUT2D eigenvalue weighted by molar-refractivity contribution is 0.00973. The van der Waals surface area contributed by atoms with Gasteiger partial charge in [-0.1, -0.05) is 17.3 Å². The van der Waals surface area contributed by atoms with E-state index >= 15 is 0 Å². The molecule has 4 heterocycles. The minimum absolute atomic E-state index is 0.274. The Hall–Kier alpha value is -3.33. The van der Waals surface area contributed by atoms with Crippen LogP contribution in [0.5, 0.6) is 0 Å². The highest BCUT2D eigenvalue weighted by molar-refractivity contribution is 5.94. The summed E-state index contributed by atoms with van der Waals surface area (Å²) < 4.78 is 14.7. The van der Waals surface area contributed by atoms with Crippen molar-refractivity contribution in [3.63, 3.8) is 0 Å². The number of imidazole rings is 1. The molecule has 5 rings (SSSR count). The van der Waals surface area contributed by atoms with Crippen molar-refractivity contribution in [1.29, 1.82) is 0 Å². The van der Waals surface area contributed by atoms with Crippen LogP contribution in [0, 0.1) is 0 Å². The van der Waals surface area contributed by atoms with E-state index < -0.39 is 5.60 Å². The molecule has 0 aliphatic carbocycles. The Bertz CT molecular complexity index is 1260. The summed E-state index contributed by atoms with van der Waals surface area (Å²) in [4.78, 5) is 8.73. The fourth-order valence-corrected chi connectivity index (χ4v) is 2.98. The van der Waals surface area contributed by atoms with Crippen molar-refractivity contribution in [2.45, 2.75) is 19.4 Å². The zero-order chi connectivity index (χ0) is 17.9. The number of fused-ring (bicyclic) bond motifs is 6. The lowest BCUT2D eigenvalue weighted by atomic mass is 10.1. The third kappa shape index (κ3) is 1.91. The van der Waals surface area contributed by atoms with E-state index in [1.807, 2.05) is 46.9 Å². The van der Waals surface area contributed by atoms with Crippen molar-refractivity contribution < 1.29 is 9.26 Å². The van der Waals surface area contributed by atoms with Crippen molar-refractivity contribution in [2.75, 3.05) is 7.11 Å². The number of ether oxygens (including phenoxy) is 1. The Morgan fingerprint density at radius 2 is 2.00 bits per heavy atom. The fourth-order valence-electron chi connectivity index (χ4n) is 2.98. The van der Waals surface area contributed by atoms with Crippen LogP contribution >= 0.6 is 0 Å². The predicted octanol–water partition coefficient (Wildman–Crippen LogP) is 2.46. The van der Waals surface area contributed by atoms with Crippen LogP contribution in [0.1, 0.15) is 19.7 Å². The highest BCUT2D eigenvalue weighted by Crippen LogP contribution is 2.28. The average Bonchev–Trinajstić information content (AvgIpc) is 3.38. The van der Waals surface area contributed by atoms with E-state index in [1.54, 1.807) is 19.6 Å². The van der Waals surface area contributed by atoms with Gasteiger partial charge < -0.3 is 9.26 Å². The quantitative estimate of drug-likeness (QED) is 0.493. The van der Waals surface area contributed by atoms with Gasteiger partial charge in [0.1, 0.15) is 17.6 Å². The molecule has 0 bridgehead atoms. The van der Waals surface area contributed by atoms with Gasteiger partial charge in [-0.25, -0.2) is 4.98 Å². The van der Waals surface area contributed by atoms with Crippen LogP contribution < -0.4 is 0 Å². The van der Waals surface area contributed by atoms with E-state index in [0.717, 1.165) is 16.6 Å². The lowest BCUT2D eigenvalue weighted by Crippen LogP contribution is -2.21. The Kier molecular flexibility index (Phi) is 2.93. The SMILES string of the molecule is COC(C)(C)c1noc(-c2nnc3c4ccccc4n4cncc4n23)n1. The van der Waals surface area contributed by atoms with E-state index in [0.29, 0.717) is 17.3 Å². The van der Waals surface area contributed by atoms with Gasteiger partial charge in [0.25, 0.3) is 5.89 Å². The molecule has 5 aromatic rings. The van der Waals surface area contributed by atoms with Crippen LogP contribution in [0.3, 0.4) is 0 Å². The van der Waals surface area contributed by atoms with Gasteiger partial charge in [0.05, 0.1) is 11.7 Å². The van der Waals surface area contributed by atoms with Crippen molar-refractivity contribution in [1.82, 2.24) is 34.1 Å². The van der Waals surface area contributed by atoms with E-state index in [2.05, 4.69) is 25.3 Å². The number of aromatic nitrogens is 7. The van der Waals surface area contributed by atoms with Gasteiger partial charge in [0.15, 0.2) is 5.65 Å². The molecule has 9 nitrogen and oxygen atoms in total. The monoisotopic (exact) mass is 349 g/mol. The average molecular weight is 349 g/mol. The van der Waals surface area contributed by atoms with Crippen LogP contribution in [0.2, 0.25) is 0 Å². The topological polar surface area (TPSA) is 95.6 Å². The normalized spacial score (nSPS) is 12.6. The number of hydrogen-bond donors (Lipinski definition) is 0. The third-order valence-corrected chi connectivity index (χ3v) is 4.58. The van der Waals surface area contributed by atoms with Crippen molar-refractivity contribution in [3.05, 3.63) is 42.6 Å².